The van der Waals surface area contributed by atoms with Crippen LogP contribution in [0.3, 0.4) is 0 Å². The lowest BCUT2D eigenvalue weighted by atomic mass is 9.98. The van der Waals surface area contributed by atoms with Crippen molar-refractivity contribution >= 4 is 5.91 Å². The first kappa shape index (κ1) is 13.6. The van der Waals surface area contributed by atoms with Crippen molar-refractivity contribution in [3.05, 3.63) is 35.9 Å². The summed E-state index contributed by atoms with van der Waals surface area (Å²) in [6.45, 7) is 2.10. The molecule has 1 aromatic rings. The molecule has 100 valence electrons. The average Bonchev–Trinajstić information content (AvgIpc) is 2.48. The summed E-state index contributed by atoms with van der Waals surface area (Å²) in [6.07, 6.45) is 2.11. The average molecular weight is 258 g/mol. The van der Waals surface area contributed by atoms with E-state index in [0.29, 0.717) is 19.1 Å². The summed E-state index contributed by atoms with van der Waals surface area (Å²) >= 11 is 0. The van der Waals surface area contributed by atoms with Crippen molar-refractivity contribution in [2.24, 2.45) is 5.92 Å². The van der Waals surface area contributed by atoms with Crippen molar-refractivity contribution < 1.29 is 9.53 Å². The molecule has 1 aliphatic heterocycles. The number of hydrogen-bond acceptors (Lipinski definition) is 3. The highest BCUT2D eigenvalue weighted by molar-refractivity contribution is 5.86. The number of ether oxygens (including phenoxy) is 1. The number of benzene rings is 1. The van der Waals surface area contributed by atoms with Crippen molar-refractivity contribution in [1.82, 2.24) is 5.32 Å². The summed E-state index contributed by atoms with van der Waals surface area (Å²) < 4.78 is 5.37. The van der Waals surface area contributed by atoms with Crippen LogP contribution in [0.4, 0.5) is 0 Å². The maximum Gasteiger partial charge on any atom is 0.241 e. The van der Waals surface area contributed by atoms with E-state index in [0.717, 1.165) is 25.0 Å². The molecular weight excluding hydrogens is 240 g/mol. The Morgan fingerprint density at radius 3 is 2.89 bits per heavy atom. The van der Waals surface area contributed by atoms with Gasteiger partial charge in [-0.05, 0) is 24.3 Å². The van der Waals surface area contributed by atoms with Gasteiger partial charge in [-0.15, -0.1) is 0 Å². The number of nitrogens with one attached hydrogen (secondary N) is 1. The summed E-state index contributed by atoms with van der Waals surface area (Å²) in [5.74, 6) is -0.585. The molecule has 0 spiro atoms. The molecule has 1 aliphatic rings. The lowest BCUT2D eigenvalue weighted by Gasteiger charge is -2.22. The third kappa shape index (κ3) is 3.80. The molecule has 1 heterocycles. The molecular formula is C15H18N2O2. The van der Waals surface area contributed by atoms with Gasteiger partial charge in [0, 0.05) is 13.2 Å². The Hall–Kier alpha value is -1.86. The second-order valence-electron chi connectivity index (χ2n) is 4.80. The predicted octanol–water partition coefficient (Wildman–Crippen LogP) is 1.84. The maximum atomic E-state index is 12.0. The highest BCUT2D eigenvalue weighted by atomic mass is 16.5. The second-order valence-corrected chi connectivity index (χ2v) is 4.80. The van der Waals surface area contributed by atoms with Crippen LogP contribution in [0.15, 0.2) is 30.3 Å². The van der Waals surface area contributed by atoms with Crippen molar-refractivity contribution in [3.8, 4) is 6.07 Å². The Morgan fingerprint density at radius 2 is 2.26 bits per heavy atom. The van der Waals surface area contributed by atoms with Crippen LogP contribution in [0.25, 0.3) is 0 Å². The normalized spacial score (nSPS) is 20.3. The van der Waals surface area contributed by atoms with Gasteiger partial charge in [0.25, 0.3) is 0 Å². The first-order chi connectivity index (χ1) is 9.31. The molecule has 1 amide bonds. The fourth-order valence-corrected chi connectivity index (χ4v) is 2.25. The molecule has 0 radical (unpaired) electrons. The second kappa shape index (κ2) is 6.91. The first-order valence-electron chi connectivity index (χ1n) is 6.61. The minimum atomic E-state index is -0.731. The number of carbonyl (C=O) groups excluding carboxylic acids is 1. The zero-order valence-corrected chi connectivity index (χ0v) is 10.8. The summed E-state index contributed by atoms with van der Waals surface area (Å²) in [5.41, 5.74) is 0.738. The van der Waals surface area contributed by atoms with Crippen LogP contribution in [0.5, 0.6) is 0 Å². The van der Waals surface area contributed by atoms with Gasteiger partial charge in [-0.3, -0.25) is 4.79 Å². The topological polar surface area (TPSA) is 62.1 Å². The minimum Gasteiger partial charge on any atom is -0.381 e. The number of nitrogens with zero attached hydrogens (tertiary/aromatic N) is 1. The van der Waals surface area contributed by atoms with E-state index in [-0.39, 0.29) is 5.91 Å². The molecule has 2 unspecified atom stereocenters. The number of amides is 1. The Kier molecular flexibility index (Phi) is 4.93. The molecule has 0 saturated carbocycles. The number of nitriles is 1. The van der Waals surface area contributed by atoms with E-state index in [4.69, 9.17) is 10.00 Å². The number of rotatable bonds is 4. The number of hydrogen-bond donors (Lipinski definition) is 1. The van der Waals surface area contributed by atoms with E-state index in [1.54, 1.807) is 12.1 Å². The van der Waals surface area contributed by atoms with Gasteiger partial charge in [0.2, 0.25) is 5.91 Å². The fraction of sp³-hybridized carbons (Fsp3) is 0.467. The van der Waals surface area contributed by atoms with Gasteiger partial charge < -0.3 is 10.1 Å². The van der Waals surface area contributed by atoms with Crippen molar-refractivity contribution in [2.75, 3.05) is 19.8 Å². The molecule has 0 aromatic heterocycles. The van der Waals surface area contributed by atoms with Gasteiger partial charge in [0.05, 0.1) is 12.7 Å². The fourth-order valence-electron chi connectivity index (χ4n) is 2.25. The van der Waals surface area contributed by atoms with Gasteiger partial charge in [0.15, 0.2) is 0 Å². The van der Waals surface area contributed by atoms with Crippen LogP contribution in [-0.4, -0.2) is 25.7 Å². The highest BCUT2D eigenvalue weighted by Crippen LogP contribution is 2.16. The van der Waals surface area contributed by atoms with E-state index >= 15 is 0 Å². The molecule has 4 nitrogen and oxygen atoms in total. The molecule has 4 heteroatoms. The number of carbonyl (C=O) groups is 1. The minimum absolute atomic E-state index is 0.223. The maximum absolute atomic E-state index is 12.0. The Bertz CT molecular complexity index is 447. The van der Waals surface area contributed by atoms with Crippen LogP contribution in [-0.2, 0) is 9.53 Å². The largest absolute Gasteiger partial charge is 0.381 e. The van der Waals surface area contributed by atoms with E-state index in [2.05, 4.69) is 11.4 Å². The monoisotopic (exact) mass is 258 g/mol. The molecule has 2 rings (SSSR count). The summed E-state index contributed by atoms with van der Waals surface area (Å²) in [7, 11) is 0. The summed E-state index contributed by atoms with van der Waals surface area (Å²) in [4.78, 5) is 12.0. The van der Waals surface area contributed by atoms with Gasteiger partial charge >= 0.3 is 0 Å². The summed E-state index contributed by atoms with van der Waals surface area (Å²) in [6, 6.07) is 11.2. The van der Waals surface area contributed by atoms with Crippen molar-refractivity contribution in [2.45, 2.75) is 18.8 Å². The van der Waals surface area contributed by atoms with Crippen LogP contribution in [0.2, 0.25) is 0 Å². The van der Waals surface area contributed by atoms with Crippen molar-refractivity contribution in [1.29, 1.82) is 5.26 Å². The van der Waals surface area contributed by atoms with Crippen LogP contribution in [0, 0.1) is 17.2 Å². The van der Waals surface area contributed by atoms with E-state index in [9.17, 15) is 4.79 Å². The van der Waals surface area contributed by atoms with Crippen molar-refractivity contribution in [3.63, 3.8) is 0 Å². The molecule has 0 bridgehead atoms. The Morgan fingerprint density at radius 1 is 1.47 bits per heavy atom. The van der Waals surface area contributed by atoms with Crippen LogP contribution in [0.1, 0.15) is 24.3 Å². The standard InChI is InChI=1S/C15H18N2O2/c16-9-14(13-6-2-1-3-7-13)15(18)17-10-12-5-4-8-19-11-12/h1-3,6-7,12,14H,4-5,8,10-11H2,(H,17,18). The highest BCUT2D eigenvalue weighted by Gasteiger charge is 2.21. The molecule has 1 aromatic carbocycles. The molecule has 0 aliphatic carbocycles. The smallest absolute Gasteiger partial charge is 0.241 e. The molecule has 19 heavy (non-hydrogen) atoms. The lowest BCUT2D eigenvalue weighted by molar-refractivity contribution is -0.121. The zero-order chi connectivity index (χ0) is 13.5. The molecule has 1 N–H and O–H groups in total. The lowest BCUT2D eigenvalue weighted by Crippen LogP contribution is -2.35. The Balaban J connectivity index is 1.89. The molecule has 2 atom stereocenters. The third-order valence-electron chi connectivity index (χ3n) is 3.34. The summed E-state index contributed by atoms with van der Waals surface area (Å²) in [5, 5.41) is 12.0. The zero-order valence-electron chi connectivity index (χ0n) is 10.8. The molecule has 1 saturated heterocycles. The van der Waals surface area contributed by atoms with E-state index < -0.39 is 5.92 Å². The van der Waals surface area contributed by atoms with E-state index in [1.807, 2.05) is 18.2 Å². The first-order valence-corrected chi connectivity index (χ1v) is 6.61. The third-order valence-corrected chi connectivity index (χ3v) is 3.34. The van der Waals surface area contributed by atoms with Gasteiger partial charge in [0.1, 0.15) is 5.92 Å². The van der Waals surface area contributed by atoms with Gasteiger partial charge in [-0.25, -0.2) is 0 Å². The Labute approximate surface area is 113 Å². The van der Waals surface area contributed by atoms with Gasteiger partial charge in [-0.2, -0.15) is 5.26 Å². The van der Waals surface area contributed by atoms with E-state index in [1.165, 1.54) is 0 Å². The molecule has 1 fully saturated rings. The predicted molar refractivity (Wildman–Crippen MR) is 71.3 cm³/mol. The van der Waals surface area contributed by atoms with Crippen LogP contribution < -0.4 is 5.32 Å². The quantitative estimate of drug-likeness (QED) is 0.896. The van der Waals surface area contributed by atoms with Crippen LogP contribution >= 0.6 is 0 Å². The SMILES string of the molecule is N#CC(C(=O)NCC1CCCOC1)c1ccccc1. The van der Waals surface area contributed by atoms with Gasteiger partial charge in [-0.1, -0.05) is 30.3 Å².